The number of carbonyl (C=O) groups is 2. The zero-order valence-electron chi connectivity index (χ0n) is 17.7. The zero-order valence-corrected chi connectivity index (χ0v) is 17.7. The van der Waals surface area contributed by atoms with E-state index in [2.05, 4.69) is 16.8 Å². The average molecular weight is 405 g/mol. The molecule has 6 nitrogen and oxygen atoms in total. The molecular weight excluding hydrogens is 378 g/mol. The number of methoxy groups -OCH3 is 1. The molecule has 6 heteroatoms. The highest BCUT2D eigenvalue weighted by atomic mass is 16.5. The number of rotatable bonds is 5. The van der Waals surface area contributed by atoms with E-state index in [1.807, 2.05) is 55.5 Å². The van der Waals surface area contributed by atoms with Crippen LogP contribution >= 0.6 is 0 Å². The monoisotopic (exact) mass is 405 g/mol. The second-order valence-electron chi connectivity index (χ2n) is 7.92. The van der Waals surface area contributed by atoms with Crippen LogP contribution in [0.3, 0.4) is 0 Å². The van der Waals surface area contributed by atoms with Gasteiger partial charge in [-0.05, 0) is 37.2 Å². The summed E-state index contributed by atoms with van der Waals surface area (Å²) in [5.41, 5.74) is 3.84. The van der Waals surface area contributed by atoms with Crippen LogP contribution in [0.25, 0.3) is 5.57 Å². The van der Waals surface area contributed by atoms with Crippen LogP contribution in [-0.4, -0.2) is 66.9 Å². The molecule has 0 radical (unpaired) electrons. The Morgan fingerprint density at radius 1 is 0.867 bits per heavy atom. The molecule has 1 fully saturated rings. The topological polar surface area (TPSA) is 53.1 Å². The number of likely N-dealkylation sites (N-methyl/N-ethyl adjacent to an activating group) is 1. The first-order valence-electron chi connectivity index (χ1n) is 10.2. The van der Waals surface area contributed by atoms with Crippen LogP contribution in [0.1, 0.15) is 16.7 Å². The van der Waals surface area contributed by atoms with Crippen molar-refractivity contribution in [2.24, 2.45) is 0 Å². The fraction of sp³-hybridized carbons (Fsp3) is 0.333. The Labute approximate surface area is 177 Å². The van der Waals surface area contributed by atoms with E-state index in [1.54, 1.807) is 7.11 Å². The molecule has 0 unspecified atom stereocenters. The number of amides is 2. The lowest BCUT2D eigenvalue weighted by Crippen LogP contribution is -2.46. The van der Waals surface area contributed by atoms with Gasteiger partial charge in [0.25, 0.3) is 11.8 Å². The third-order valence-electron chi connectivity index (χ3n) is 5.80. The van der Waals surface area contributed by atoms with Crippen molar-refractivity contribution in [1.82, 2.24) is 14.7 Å². The number of aryl methyl sites for hydroxylation is 1. The smallest absolute Gasteiger partial charge is 0.278 e. The summed E-state index contributed by atoms with van der Waals surface area (Å²) in [5, 5.41) is 0. The van der Waals surface area contributed by atoms with Crippen molar-refractivity contribution in [3.05, 3.63) is 70.9 Å². The second kappa shape index (κ2) is 8.32. The van der Waals surface area contributed by atoms with Crippen molar-refractivity contribution in [2.75, 3.05) is 40.3 Å². The lowest BCUT2D eigenvalue weighted by atomic mass is 10.0. The normalized spacial score (nSPS) is 17.8. The summed E-state index contributed by atoms with van der Waals surface area (Å²) in [6, 6.07) is 15.3. The van der Waals surface area contributed by atoms with Crippen LogP contribution in [0.2, 0.25) is 0 Å². The van der Waals surface area contributed by atoms with Gasteiger partial charge in [0.1, 0.15) is 11.4 Å². The molecule has 4 rings (SSSR count). The molecule has 0 aromatic heterocycles. The summed E-state index contributed by atoms with van der Waals surface area (Å²) >= 11 is 0. The molecule has 0 bridgehead atoms. The number of ether oxygens (including phenoxy) is 1. The van der Waals surface area contributed by atoms with Crippen molar-refractivity contribution < 1.29 is 14.3 Å². The average Bonchev–Trinajstić information content (AvgIpc) is 3.00. The van der Waals surface area contributed by atoms with Crippen LogP contribution in [0, 0.1) is 6.92 Å². The Bertz CT molecular complexity index is 972. The van der Waals surface area contributed by atoms with E-state index >= 15 is 0 Å². The maximum Gasteiger partial charge on any atom is 0.278 e. The van der Waals surface area contributed by atoms with E-state index in [0.29, 0.717) is 17.0 Å². The Morgan fingerprint density at radius 2 is 1.50 bits per heavy atom. The highest BCUT2D eigenvalue weighted by molar-refractivity contribution is 6.35. The fourth-order valence-corrected chi connectivity index (χ4v) is 3.92. The summed E-state index contributed by atoms with van der Waals surface area (Å²) in [4.78, 5) is 32.5. The van der Waals surface area contributed by atoms with E-state index < -0.39 is 0 Å². The lowest BCUT2D eigenvalue weighted by molar-refractivity contribution is -0.138. The summed E-state index contributed by atoms with van der Waals surface area (Å²) in [7, 11) is 3.68. The highest BCUT2D eigenvalue weighted by Crippen LogP contribution is 2.33. The maximum absolute atomic E-state index is 13.4. The van der Waals surface area contributed by atoms with E-state index in [-0.39, 0.29) is 18.4 Å². The van der Waals surface area contributed by atoms with Crippen molar-refractivity contribution in [3.63, 3.8) is 0 Å². The van der Waals surface area contributed by atoms with Gasteiger partial charge in [0.2, 0.25) is 0 Å². The van der Waals surface area contributed by atoms with Gasteiger partial charge < -0.3 is 14.5 Å². The number of carbonyl (C=O) groups excluding carboxylic acids is 2. The molecule has 2 amide bonds. The number of hydrogen-bond donors (Lipinski definition) is 0. The Hall–Kier alpha value is -3.12. The molecule has 2 heterocycles. The predicted octanol–water partition coefficient (Wildman–Crippen LogP) is 2.53. The van der Waals surface area contributed by atoms with E-state index in [0.717, 1.165) is 42.9 Å². The minimum absolute atomic E-state index is 0.212. The molecule has 0 spiro atoms. The molecule has 156 valence electrons. The summed E-state index contributed by atoms with van der Waals surface area (Å²) in [5.74, 6) is 0.268. The molecular formula is C24H27N3O3. The third-order valence-corrected chi connectivity index (χ3v) is 5.80. The SMILES string of the molecule is COc1ccc(C2=C(N3CCN(C)CC3)C(=O)N(Cc3ccc(C)cc3)C2=O)cc1. The summed E-state index contributed by atoms with van der Waals surface area (Å²) in [6.07, 6.45) is 0. The molecule has 2 aliphatic heterocycles. The lowest BCUT2D eigenvalue weighted by Gasteiger charge is -2.34. The van der Waals surface area contributed by atoms with E-state index in [1.165, 1.54) is 4.90 Å². The number of piperazine rings is 1. The Kier molecular flexibility index (Phi) is 5.59. The van der Waals surface area contributed by atoms with Crippen LogP contribution in [0.5, 0.6) is 5.75 Å². The van der Waals surface area contributed by atoms with Gasteiger partial charge in [-0.3, -0.25) is 14.5 Å². The fourth-order valence-electron chi connectivity index (χ4n) is 3.92. The Balaban J connectivity index is 1.70. The van der Waals surface area contributed by atoms with Gasteiger partial charge in [0, 0.05) is 26.2 Å². The van der Waals surface area contributed by atoms with Crippen molar-refractivity contribution >= 4 is 17.4 Å². The predicted molar refractivity (Wildman–Crippen MR) is 116 cm³/mol. The highest BCUT2D eigenvalue weighted by Gasteiger charge is 2.42. The van der Waals surface area contributed by atoms with Crippen LogP contribution in [0.15, 0.2) is 54.2 Å². The minimum atomic E-state index is -0.236. The molecule has 0 atom stereocenters. The molecule has 0 N–H and O–H groups in total. The summed E-state index contributed by atoms with van der Waals surface area (Å²) < 4.78 is 5.25. The van der Waals surface area contributed by atoms with Gasteiger partial charge in [-0.2, -0.15) is 0 Å². The minimum Gasteiger partial charge on any atom is -0.497 e. The van der Waals surface area contributed by atoms with Gasteiger partial charge >= 0.3 is 0 Å². The number of imide groups is 1. The van der Waals surface area contributed by atoms with Crippen LogP contribution in [-0.2, 0) is 16.1 Å². The molecule has 2 aromatic carbocycles. The van der Waals surface area contributed by atoms with Crippen molar-refractivity contribution in [1.29, 1.82) is 0 Å². The number of benzene rings is 2. The van der Waals surface area contributed by atoms with Crippen molar-refractivity contribution in [3.8, 4) is 5.75 Å². The second-order valence-corrected chi connectivity index (χ2v) is 7.92. The van der Waals surface area contributed by atoms with Crippen molar-refractivity contribution in [2.45, 2.75) is 13.5 Å². The number of hydrogen-bond acceptors (Lipinski definition) is 5. The number of nitrogens with zero attached hydrogens (tertiary/aromatic N) is 3. The first-order valence-corrected chi connectivity index (χ1v) is 10.2. The Morgan fingerprint density at radius 3 is 2.10 bits per heavy atom. The summed E-state index contributed by atoms with van der Waals surface area (Å²) in [6.45, 7) is 5.46. The molecule has 30 heavy (non-hydrogen) atoms. The van der Waals surface area contributed by atoms with Gasteiger partial charge in [-0.1, -0.05) is 42.0 Å². The molecule has 0 saturated carbocycles. The van der Waals surface area contributed by atoms with E-state index in [9.17, 15) is 9.59 Å². The first kappa shape index (κ1) is 20.2. The molecule has 0 aliphatic carbocycles. The van der Waals surface area contributed by atoms with Crippen LogP contribution in [0.4, 0.5) is 0 Å². The third kappa shape index (κ3) is 3.83. The van der Waals surface area contributed by atoms with Gasteiger partial charge in [0.15, 0.2) is 0 Å². The van der Waals surface area contributed by atoms with Gasteiger partial charge in [-0.15, -0.1) is 0 Å². The molecule has 1 saturated heterocycles. The molecule has 2 aliphatic rings. The maximum atomic E-state index is 13.4. The van der Waals surface area contributed by atoms with E-state index in [4.69, 9.17) is 4.74 Å². The first-order chi connectivity index (χ1) is 14.5. The zero-order chi connectivity index (χ0) is 21.3. The largest absolute Gasteiger partial charge is 0.497 e. The van der Waals surface area contributed by atoms with Gasteiger partial charge in [-0.25, -0.2) is 0 Å². The van der Waals surface area contributed by atoms with Gasteiger partial charge in [0.05, 0.1) is 19.2 Å². The molecule has 2 aromatic rings. The standard InChI is InChI=1S/C24H27N3O3/c1-17-4-6-18(7-5-17)16-27-23(28)21(19-8-10-20(30-3)11-9-19)22(24(27)29)26-14-12-25(2)13-15-26/h4-11H,12-16H2,1-3H3. The van der Waals surface area contributed by atoms with Crippen LogP contribution < -0.4 is 4.74 Å². The quantitative estimate of drug-likeness (QED) is 0.716.